The van der Waals surface area contributed by atoms with Crippen LogP contribution in [-0.4, -0.2) is 27.4 Å². The van der Waals surface area contributed by atoms with Gasteiger partial charge in [-0.05, 0) is 50.6 Å². The van der Waals surface area contributed by atoms with Gasteiger partial charge in [0.1, 0.15) is 16.9 Å². The van der Waals surface area contributed by atoms with Crippen molar-refractivity contribution in [2.24, 2.45) is 0 Å². The van der Waals surface area contributed by atoms with E-state index in [-0.39, 0.29) is 22.6 Å². The summed E-state index contributed by atoms with van der Waals surface area (Å²) < 4.78 is 37.9. The van der Waals surface area contributed by atoms with Gasteiger partial charge in [0.05, 0.1) is 17.7 Å². The van der Waals surface area contributed by atoms with Crippen LogP contribution in [0.3, 0.4) is 0 Å². The second-order valence-electron chi connectivity index (χ2n) is 6.93. The summed E-state index contributed by atoms with van der Waals surface area (Å²) in [6.45, 7) is 5.27. The molecule has 30 heavy (non-hydrogen) atoms. The van der Waals surface area contributed by atoms with E-state index in [0.29, 0.717) is 23.2 Å². The second kappa shape index (κ2) is 8.31. The average Bonchev–Trinajstić information content (AvgIpc) is 3.03. The van der Waals surface area contributed by atoms with Crippen molar-refractivity contribution in [3.8, 4) is 0 Å². The Kier molecular flexibility index (Phi) is 5.98. The van der Waals surface area contributed by atoms with Gasteiger partial charge in [-0.2, -0.15) is 0 Å². The van der Waals surface area contributed by atoms with Gasteiger partial charge < -0.3 is 9.15 Å². The summed E-state index contributed by atoms with van der Waals surface area (Å²) in [7, 11) is -2.90. The van der Waals surface area contributed by atoms with Gasteiger partial charge in [0, 0.05) is 11.8 Å². The van der Waals surface area contributed by atoms with Crippen molar-refractivity contribution in [3.63, 3.8) is 0 Å². The third kappa shape index (κ3) is 3.82. The minimum absolute atomic E-state index is 0.00853. The van der Waals surface area contributed by atoms with Gasteiger partial charge in [0.25, 0.3) is 10.0 Å². The first kappa shape index (κ1) is 21.6. The predicted molar refractivity (Wildman–Crippen MR) is 113 cm³/mol. The van der Waals surface area contributed by atoms with Crippen molar-refractivity contribution in [3.05, 3.63) is 59.4 Å². The first-order chi connectivity index (χ1) is 14.2. The molecule has 0 unspecified atom stereocenters. The zero-order valence-corrected chi connectivity index (χ0v) is 18.1. The molecule has 0 bridgehead atoms. The number of ether oxygens (including phenoxy) is 1. The Morgan fingerprint density at radius 2 is 1.73 bits per heavy atom. The summed E-state index contributed by atoms with van der Waals surface area (Å²) in [5.41, 5.74) is 1.63. The molecule has 0 N–H and O–H groups in total. The summed E-state index contributed by atoms with van der Waals surface area (Å²) >= 11 is 0. The fraction of sp³-hybridized carbons (Fsp3) is 0.273. The molecule has 0 saturated carbocycles. The molecule has 0 spiro atoms. The van der Waals surface area contributed by atoms with Gasteiger partial charge >= 0.3 is 5.97 Å². The van der Waals surface area contributed by atoms with Crippen LogP contribution in [-0.2, 0) is 19.6 Å². The molecule has 0 radical (unpaired) electrons. The highest BCUT2D eigenvalue weighted by atomic mass is 32.2. The molecule has 8 heteroatoms. The Bertz CT molecular complexity index is 1210. The van der Waals surface area contributed by atoms with Crippen LogP contribution in [0.15, 0.2) is 51.8 Å². The van der Waals surface area contributed by atoms with Crippen molar-refractivity contribution < 1.29 is 27.2 Å². The molecule has 0 aliphatic carbocycles. The number of carbonyl (C=O) groups excluding carboxylic acids is 2. The monoisotopic (exact) mass is 429 g/mol. The number of sulfonamides is 1. The summed E-state index contributed by atoms with van der Waals surface area (Å²) in [6, 6.07) is 10.8. The predicted octanol–water partition coefficient (Wildman–Crippen LogP) is 4.36. The van der Waals surface area contributed by atoms with E-state index in [2.05, 4.69) is 0 Å². The average molecular weight is 429 g/mol. The van der Waals surface area contributed by atoms with Gasteiger partial charge in [-0.15, -0.1) is 0 Å². The SMILES string of the molecule is CCCC(=O)N(c1ccc2oc(C)c(C(=O)OC)c2c1)S(=O)(=O)c1ccc(C)cc1. The topological polar surface area (TPSA) is 93.9 Å². The molecule has 7 nitrogen and oxygen atoms in total. The van der Waals surface area contributed by atoms with Crippen LogP contribution in [0.5, 0.6) is 0 Å². The molecule has 1 aromatic heterocycles. The van der Waals surface area contributed by atoms with Crippen molar-refractivity contribution in [2.45, 2.75) is 38.5 Å². The number of hydrogen-bond donors (Lipinski definition) is 0. The number of anilines is 1. The normalized spacial score (nSPS) is 11.5. The van der Waals surface area contributed by atoms with Crippen molar-refractivity contribution in [1.29, 1.82) is 0 Å². The molecule has 0 saturated heterocycles. The number of methoxy groups -OCH3 is 1. The molecule has 158 valence electrons. The number of rotatable bonds is 6. The Hall–Kier alpha value is -3.13. The number of aryl methyl sites for hydroxylation is 2. The van der Waals surface area contributed by atoms with Crippen molar-refractivity contribution in [1.82, 2.24) is 0 Å². The van der Waals surface area contributed by atoms with Gasteiger partial charge in [0.15, 0.2) is 0 Å². The molecule has 0 fully saturated rings. The molecule has 3 rings (SSSR count). The third-order valence-electron chi connectivity index (χ3n) is 4.72. The van der Waals surface area contributed by atoms with Gasteiger partial charge in [0.2, 0.25) is 5.91 Å². The molecule has 3 aromatic rings. The van der Waals surface area contributed by atoms with E-state index < -0.39 is 21.9 Å². The number of furan rings is 1. The fourth-order valence-electron chi connectivity index (χ4n) is 3.24. The molecule has 0 atom stereocenters. The third-order valence-corrected chi connectivity index (χ3v) is 6.48. The second-order valence-corrected chi connectivity index (χ2v) is 8.72. The molecule has 0 aliphatic rings. The lowest BCUT2D eigenvalue weighted by molar-refractivity contribution is -0.117. The van der Waals surface area contributed by atoms with Crippen LogP contribution in [0.2, 0.25) is 0 Å². The van der Waals surface area contributed by atoms with E-state index in [9.17, 15) is 18.0 Å². The Balaban J connectivity index is 2.22. The summed E-state index contributed by atoms with van der Waals surface area (Å²) in [4.78, 5) is 25.1. The molecule has 1 amide bonds. The number of hydrogen-bond acceptors (Lipinski definition) is 6. The number of nitrogens with zero attached hydrogens (tertiary/aromatic N) is 1. The van der Waals surface area contributed by atoms with E-state index in [4.69, 9.17) is 9.15 Å². The lowest BCUT2D eigenvalue weighted by Crippen LogP contribution is -2.36. The number of fused-ring (bicyclic) bond motifs is 1. The van der Waals surface area contributed by atoms with Crippen LogP contribution in [0.1, 0.15) is 41.4 Å². The van der Waals surface area contributed by atoms with Crippen LogP contribution in [0, 0.1) is 13.8 Å². The van der Waals surface area contributed by atoms with E-state index in [1.165, 1.54) is 31.4 Å². The minimum Gasteiger partial charge on any atom is -0.465 e. The Labute approximate surface area is 175 Å². The van der Waals surface area contributed by atoms with Crippen LogP contribution in [0.25, 0.3) is 11.0 Å². The number of esters is 1. The summed E-state index contributed by atoms with van der Waals surface area (Å²) in [6.07, 6.45) is 0.538. The maximum Gasteiger partial charge on any atom is 0.342 e. The highest BCUT2D eigenvalue weighted by molar-refractivity contribution is 7.93. The van der Waals surface area contributed by atoms with E-state index in [1.54, 1.807) is 32.0 Å². The zero-order chi connectivity index (χ0) is 22.1. The molecule has 1 heterocycles. The van der Waals surface area contributed by atoms with E-state index in [0.717, 1.165) is 9.87 Å². The van der Waals surface area contributed by atoms with Gasteiger partial charge in [-0.25, -0.2) is 17.5 Å². The lowest BCUT2D eigenvalue weighted by Gasteiger charge is -2.23. The molecular weight excluding hydrogens is 406 g/mol. The smallest absolute Gasteiger partial charge is 0.342 e. The van der Waals surface area contributed by atoms with Crippen LogP contribution < -0.4 is 4.31 Å². The number of carbonyl (C=O) groups is 2. The van der Waals surface area contributed by atoms with E-state index in [1.807, 2.05) is 6.92 Å². The van der Waals surface area contributed by atoms with Crippen molar-refractivity contribution in [2.75, 3.05) is 11.4 Å². The summed E-state index contributed by atoms with van der Waals surface area (Å²) in [5.74, 6) is -0.810. The number of amides is 1. The Morgan fingerprint density at radius 1 is 1.07 bits per heavy atom. The van der Waals surface area contributed by atoms with Crippen LogP contribution in [0.4, 0.5) is 5.69 Å². The number of benzene rings is 2. The first-order valence-corrected chi connectivity index (χ1v) is 10.9. The maximum atomic E-state index is 13.4. The largest absolute Gasteiger partial charge is 0.465 e. The zero-order valence-electron chi connectivity index (χ0n) is 17.3. The van der Waals surface area contributed by atoms with Gasteiger partial charge in [-0.3, -0.25) is 4.79 Å². The minimum atomic E-state index is -4.16. The Morgan fingerprint density at radius 3 is 2.33 bits per heavy atom. The highest BCUT2D eigenvalue weighted by Gasteiger charge is 2.31. The van der Waals surface area contributed by atoms with Crippen LogP contribution >= 0.6 is 0 Å². The molecule has 2 aromatic carbocycles. The fourth-order valence-corrected chi connectivity index (χ4v) is 4.68. The maximum absolute atomic E-state index is 13.4. The lowest BCUT2D eigenvalue weighted by atomic mass is 10.1. The summed E-state index contributed by atoms with van der Waals surface area (Å²) in [5, 5.41) is 0.380. The van der Waals surface area contributed by atoms with E-state index >= 15 is 0 Å². The quantitative estimate of drug-likeness (QED) is 0.541. The molecule has 0 aliphatic heterocycles. The molecular formula is C22H23NO6S. The standard InChI is InChI=1S/C22H23NO6S/c1-5-6-20(24)23(30(26,27)17-10-7-14(2)8-11-17)16-9-12-19-18(13-16)21(15(3)29-19)22(25)28-4/h7-13H,5-6H2,1-4H3. The first-order valence-electron chi connectivity index (χ1n) is 9.47. The van der Waals surface area contributed by atoms with Crippen molar-refractivity contribution >= 4 is 38.6 Å². The van der Waals surface area contributed by atoms with Gasteiger partial charge in [-0.1, -0.05) is 24.6 Å². The highest BCUT2D eigenvalue weighted by Crippen LogP contribution is 2.33.